The molecule has 1 aromatic carbocycles. The van der Waals surface area contributed by atoms with E-state index >= 15 is 0 Å². The molecule has 2 aromatic rings. The van der Waals surface area contributed by atoms with Crippen LogP contribution in [0.2, 0.25) is 0 Å². The number of nitrogens with one attached hydrogen (secondary N) is 1. The molecule has 0 radical (unpaired) electrons. The van der Waals surface area contributed by atoms with Crippen molar-refractivity contribution in [2.24, 2.45) is 11.8 Å². The Morgan fingerprint density at radius 1 is 1.24 bits per heavy atom. The van der Waals surface area contributed by atoms with Gasteiger partial charge in [-0.3, -0.25) is 19.1 Å². The third kappa shape index (κ3) is 5.96. The maximum absolute atomic E-state index is 13.0. The largest absolute Gasteiger partial charge is 0.484 e. The lowest BCUT2D eigenvalue weighted by Crippen LogP contribution is -2.44. The Hall–Kier alpha value is -2.55. The summed E-state index contributed by atoms with van der Waals surface area (Å²) in [4.78, 5) is 41.3. The molecule has 0 aliphatic carbocycles. The maximum Gasteiger partial charge on any atom is 0.330 e. The van der Waals surface area contributed by atoms with Gasteiger partial charge in [0.2, 0.25) is 0 Å². The monoisotopic (exact) mass is 466 g/mol. The summed E-state index contributed by atoms with van der Waals surface area (Å²) in [7, 11) is 0. The third-order valence-electron chi connectivity index (χ3n) is 4.04. The van der Waals surface area contributed by atoms with Crippen molar-refractivity contribution in [2.45, 2.75) is 34.2 Å². The quantitative estimate of drug-likeness (QED) is 0.620. The Morgan fingerprint density at radius 2 is 1.93 bits per heavy atom. The van der Waals surface area contributed by atoms with Crippen LogP contribution in [0.25, 0.3) is 0 Å². The Labute approximate surface area is 177 Å². The Kier molecular flexibility index (Phi) is 7.66. The fourth-order valence-corrected chi connectivity index (χ4v) is 3.23. The van der Waals surface area contributed by atoms with Gasteiger partial charge in [0.15, 0.2) is 12.3 Å². The molecule has 29 heavy (non-hydrogen) atoms. The molecule has 0 aliphatic rings. The van der Waals surface area contributed by atoms with E-state index in [1.165, 1.54) is 9.47 Å². The number of nitrogens with zero attached hydrogens (tertiary/aromatic N) is 2. The number of rotatable bonds is 8. The number of nitrogen functional groups attached to an aromatic ring is 1. The van der Waals surface area contributed by atoms with Crippen molar-refractivity contribution in [3.63, 3.8) is 0 Å². The van der Waals surface area contributed by atoms with E-state index in [9.17, 15) is 14.4 Å². The van der Waals surface area contributed by atoms with Crippen LogP contribution in [0.5, 0.6) is 5.75 Å². The van der Waals surface area contributed by atoms with Crippen LogP contribution >= 0.6 is 15.9 Å². The number of halogens is 1. The summed E-state index contributed by atoms with van der Waals surface area (Å²) in [6.45, 7) is 8.01. The number of hydrogen-bond donors (Lipinski definition) is 2. The SMILES string of the molecule is CC(C)CN(C(=O)COc1cccc(Br)c1)c1c(N)n(CC(C)C)c(=O)[nH]c1=O. The van der Waals surface area contributed by atoms with Crippen molar-refractivity contribution in [2.75, 3.05) is 23.8 Å². The lowest BCUT2D eigenvalue weighted by Gasteiger charge is -2.26. The highest BCUT2D eigenvalue weighted by Crippen LogP contribution is 2.21. The number of amides is 1. The molecular weight excluding hydrogens is 440 g/mol. The van der Waals surface area contributed by atoms with E-state index in [1.54, 1.807) is 18.2 Å². The number of hydrogen-bond acceptors (Lipinski definition) is 5. The Bertz CT molecular complexity index is 981. The number of carbonyl (C=O) groups is 1. The molecule has 8 nitrogen and oxygen atoms in total. The van der Waals surface area contributed by atoms with Gasteiger partial charge in [-0.1, -0.05) is 49.7 Å². The van der Waals surface area contributed by atoms with Crippen LogP contribution in [0.3, 0.4) is 0 Å². The summed E-state index contributed by atoms with van der Waals surface area (Å²) in [6, 6.07) is 7.11. The van der Waals surface area contributed by atoms with Crippen LogP contribution in [0, 0.1) is 11.8 Å². The molecule has 0 saturated carbocycles. The van der Waals surface area contributed by atoms with Crippen LogP contribution in [0.1, 0.15) is 27.7 Å². The topological polar surface area (TPSA) is 110 Å². The number of aromatic nitrogens is 2. The van der Waals surface area contributed by atoms with Gasteiger partial charge in [-0.15, -0.1) is 0 Å². The van der Waals surface area contributed by atoms with Crippen molar-refractivity contribution in [1.82, 2.24) is 9.55 Å². The second-order valence-corrected chi connectivity index (χ2v) is 8.56. The van der Waals surface area contributed by atoms with E-state index < -0.39 is 17.2 Å². The van der Waals surface area contributed by atoms with E-state index in [0.29, 0.717) is 12.3 Å². The van der Waals surface area contributed by atoms with E-state index in [1.807, 2.05) is 33.8 Å². The third-order valence-corrected chi connectivity index (χ3v) is 4.53. The molecule has 0 unspecified atom stereocenters. The van der Waals surface area contributed by atoms with E-state index in [4.69, 9.17) is 10.5 Å². The molecule has 0 fully saturated rings. The number of H-pyrrole nitrogens is 1. The molecule has 0 atom stereocenters. The molecular formula is C20H27BrN4O4. The zero-order chi connectivity index (χ0) is 21.7. The van der Waals surface area contributed by atoms with Gasteiger partial charge in [-0.2, -0.15) is 0 Å². The van der Waals surface area contributed by atoms with Crippen molar-refractivity contribution in [1.29, 1.82) is 0 Å². The zero-order valence-corrected chi connectivity index (χ0v) is 18.7. The van der Waals surface area contributed by atoms with Crippen molar-refractivity contribution < 1.29 is 9.53 Å². The second kappa shape index (κ2) is 9.78. The molecule has 0 bridgehead atoms. The minimum Gasteiger partial charge on any atom is -0.484 e. The first-order chi connectivity index (χ1) is 13.6. The summed E-state index contributed by atoms with van der Waals surface area (Å²) >= 11 is 3.35. The smallest absolute Gasteiger partial charge is 0.330 e. The van der Waals surface area contributed by atoms with E-state index in [-0.39, 0.29) is 36.5 Å². The average Bonchev–Trinajstić information content (AvgIpc) is 2.62. The molecule has 0 saturated heterocycles. The minimum atomic E-state index is -0.691. The Balaban J connectivity index is 2.40. The molecule has 3 N–H and O–H groups in total. The fraction of sp³-hybridized carbons (Fsp3) is 0.450. The van der Waals surface area contributed by atoms with Crippen LogP contribution in [0.15, 0.2) is 38.3 Å². The summed E-state index contributed by atoms with van der Waals surface area (Å²) in [6.07, 6.45) is 0. The van der Waals surface area contributed by atoms with Gasteiger partial charge in [-0.05, 0) is 30.0 Å². The van der Waals surface area contributed by atoms with Crippen molar-refractivity contribution in [3.05, 3.63) is 49.6 Å². The van der Waals surface area contributed by atoms with Gasteiger partial charge in [0.25, 0.3) is 11.5 Å². The first-order valence-corrected chi connectivity index (χ1v) is 10.2. The van der Waals surface area contributed by atoms with E-state index in [0.717, 1.165) is 4.47 Å². The van der Waals surface area contributed by atoms with Crippen molar-refractivity contribution in [3.8, 4) is 5.75 Å². The fourth-order valence-electron chi connectivity index (χ4n) is 2.85. The summed E-state index contributed by atoms with van der Waals surface area (Å²) in [5, 5.41) is 0. The highest BCUT2D eigenvalue weighted by Gasteiger charge is 2.25. The van der Waals surface area contributed by atoms with Gasteiger partial charge in [0, 0.05) is 17.6 Å². The normalized spacial score (nSPS) is 11.1. The number of aromatic amines is 1. The predicted molar refractivity (Wildman–Crippen MR) is 117 cm³/mol. The van der Waals surface area contributed by atoms with Gasteiger partial charge >= 0.3 is 5.69 Å². The lowest BCUT2D eigenvalue weighted by molar-refractivity contribution is -0.120. The number of benzene rings is 1. The summed E-state index contributed by atoms with van der Waals surface area (Å²) in [5.41, 5.74) is 4.87. The highest BCUT2D eigenvalue weighted by atomic mass is 79.9. The van der Waals surface area contributed by atoms with Crippen LogP contribution in [-0.2, 0) is 11.3 Å². The molecule has 0 aliphatic heterocycles. The standard InChI is InChI=1S/C20H27BrN4O4/c1-12(2)9-24(16(26)11-29-15-7-5-6-14(21)8-15)17-18(22)25(10-13(3)4)20(28)23-19(17)27/h5-8,12-13H,9-11,22H2,1-4H3,(H,23,27,28). The first-order valence-electron chi connectivity index (χ1n) is 9.41. The van der Waals surface area contributed by atoms with E-state index in [2.05, 4.69) is 20.9 Å². The van der Waals surface area contributed by atoms with Gasteiger partial charge in [0.1, 0.15) is 11.6 Å². The van der Waals surface area contributed by atoms with Gasteiger partial charge in [-0.25, -0.2) is 4.79 Å². The van der Waals surface area contributed by atoms with Gasteiger partial charge in [0.05, 0.1) is 0 Å². The number of carbonyl (C=O) groups excluding carboxylic acids is 1. The molecule has 1 amide bonds. The summed E-state index contributed by atoms with van der Waals surface area (Å²) in [5.74, 6) is 0.260. The van der Waals surface area contributed by atoms with Gasteiger partial charge < -0.3 is 15.4 Å². The van der Waals surface area contributed by atoms with Crippen LogP contribution in [0.4, 0.5) is 11.5 Å². The molecule has 2 rings (SSSR count). The average molecular weight is 467 g/mol. The number of nitrogens with two attached hydrogens (primary N) is 1. The molecule has 1 aromatic heterocycles. The lowest BCUT2D eigenvalue weighted by atomic mass is 10.2. The predicted octanol–water partition coefficient (Wildman–Crippen LogP) is 2.61. The Morgan fingerprint density at radius 3 is 2.52 bits per heavy atom. The second-order valence-electron chi connectivity index (χ2n) is 7.64. The minimum absolute atomic E-state index is 0.0242. The molecule has 9 heteroatoms. The number of anilines is 2. The first kappa shape index (κ1) is 22.7. The maximum atomic E-state index is 13.0. The summed E-state index contributed by atoms with van der Waals surface area (Å²) < 4.78 is 7.70. The number of ether oxygens (including phenoxy) is 1. The van der Waals surface area contributed by atoms with Crippen LogP contribution < -0.4 is 26.6 Å². The van der Waals surface area contributed by atoms with Crippen molar-refractivity contribution >= 4 is 33.3 Å². The molecule has 1 heterocycles. The highest BCUT2D eigenvalue weighted by molar-refractivity contribution is 9.10. The molecule has 0 spiro atoms. The van der Waals surface area contributed by atoms with Crippen LogP contribution in [-0.4, -0.2) is 28.6 Å². The zero-order valence-electron chi connectivity index (χ0n) is 17.1. The molecule has 158 valence electrons.